The van der Waals surface area contributed by atoms with Crippen molar-refractivity contribution in [3.63, 3.8) is 0 Å². The highest BCUT2D eigenvalue weighted by Gasteiger charge is 2.16. The summed E-state index contributed by atoms with van der Waals surface area (Å²) in [7, 11) is 0. The molecule has 0 aliphatic rings. The second-order valence-corrected chi connectivity index (χ2v) is 9.40. The van der Waals surface area contributed by atoms with Gasteiger partial charge in [-0.15, -0.1) is 0 Å². The van der Waals surface area contributed by atoms with Gasteiger partial charge in [0.05, 0.1) is 24.7 Å². The van der Waals surface area contributed by atoms with Crippen LogP contribution in [-0.4, -0.2) is 42.3 Å². The largest absolute Gasteiger partial charge is 0.394 e. The second kappa shape index (κ2) is 10.8. The zero-order valence-corrected chi connectivity index (χ0v) is 21.2. The van der Waals surface area contributed by atoms with Gasteiger partial charge < -0.3 is 20.3 Å². The zero-order chi connectivity index (χ0) is 24.9. The standard InChI is InChI=1S/C27H35N7O/c1-6-21(15-35)30-27-32-25(24-26(33-27)34(16-29-24)18(4)5)28-14-19-10-12-20(13-11-19)23-9-7-8-22(31-23)17(2)3/h7-13,16-18,21,35H,6,14-15H2,1-5H3,(H2,28,30,32,33)/t21-/m1/s1. The van der Waals surface area contributed by atoms with Gasteiger partial charge in [-0.05, 0) is 43.9 Å². The number of aliphatic hydroxyl groups is 1. The normalized spacial score (nSPS) is 12.5. The van der Waals surface area contributed by atoms with Gasteiger partial charge in [0.1, 0.15) is 0 Å². The van der Waals surface area contributed by atoms with Crippen LogP contribution in [0.3, 0.4) is 0 Å². The monoisotopic (exact) mass is 473 g/mol. The Labute approximate surface area is 206 Å². The van der Waals surface area contributed by atoms with Crippen molar-refractivity contribution in [2.45, 2.75) is 65.6 Å². The van der Waals surface area contributed by atoms with Crippen molar-refractivity contribution >= 4 is 22.9 Å². The molecule has 0 bridgehead atoms. The first-order chi connectivity index (χ1) is 16.9. The predicted molar refractivity (Wildman–Crippen MR) is 142 cm³/mol. The van der Waals surface area contributed by atoms with Crippen molar-refractivity contribution in [3.05, 3.63) is 60.0 Å². The van der Waals surface area contributed by atoms with Crippen LogP contribution < -0.4 is 10.6 Å². The fraction of sp³-hybridized carbons (Fsp3) is 0.407. The Kier molecular flexibility index (Phi) is 7.60. The average Bonchev–Trinajstić information content (AvgIpc) is 3.30. The first-order valence-corrected chi connectivity index (χ1v) is 12.3. The molecule has 3 N–H and O–H groups in total. The maximum Gasteiger partial charge on any atom is 0.227 e. The Morgan fingerprint density at radius 1 is 0.971 bits per heavy atom. The summed E-state index contributed by atoms with van der Waals surface area (Å²) >= 11 is 0. The summed E-state index contributed by atoms with van der Waals surface area (Å²) in [6, 6.07) is 14.7. The van der Waals surface area contributed by atoms with Gasteiger partial charge in [-0.25, -0.2) is 4.98 Å². The van der Waals surface area contributed by atoms with E-state index in [1.165, 1.54) is 0 Å². The first kappa shape index (κ1) is 24.6. The molecule has 0 amide bonds. The van der Waals surface area contributed by atoms with E-state index in [0.717, 1.165) is 40.1 Å². The van der Waals surface area contributed by atoms with Gasteiger partial charge in [0.25, 0.3) is 0 Å². The van der Waals surface area contributed by atoms with Crippen LogP contribution in [0.5, 0.6) is 0 Å². The predicted octanol–water partition coefficient (Wildman–Crippen LogP) is 5.39. The smallest absolute Gasteiger partial charge is 0.227 e. The molecular weight excluding hydrogens is 438 g/mol. The van der Waals surface area contributed by atoms with Gasteiger partial charge in [-0.3, -0.25) is 4.98 Å². The van der Waals surface area contributed by atoms with Crippen LogP contribution in [-0.2, 0) is 6.54 Å². The number of benzene rings is 1. The summed E-state index contributed by atoms with van der Waals surface area (Å²) in [6.07, 6.45) is 2.57. The van der Waals surface area contributed by atoms with Gasteiger partial charge in [0.15, 0.2) is 17.0 Å². The molecule has 8 heteroatoms. The molecule has 0 fully saturated rings. The fourth-order valence-electron chi connectivity index (χ4n) is 3.85. The van der Waals surface area contributed by atoms with E-state index >= 15 is 0 Å². The molecule has 3 heterocycles. The number of aromatic nitrogens is 5. The number of hydrogen-bond donors (Lipinski definition) is 3. The van der Waals surface area contributed by atoms with Crippen LogP contribution >= 0.6 is 0 Å². The Hall–Kier alpha value is -3.52. The maximum absolute atomic E-state index is 9.62. The van der Waals surface area contributed by atoms with E-state index in [2.05, 4.69) is 84.7 Å². The average molecular weight is 474 g/mol. The topological polar surface area (TPSA) is 101 Å². The Morgan fingerprint density at radius 2 is 1.74 bits per heavy atom. The van der Waals surface area contributed by atoms with Gasteiger partial charge in [-0.1, -0.05) is 51.1 Å². The van der Waals surface area contributed by atoms with Crippen LogP contribution in [0.4, 0.5) is 11.8 Å². The van der Waals surface area contributed by atoms with E-state index in [-0.39, 0.29) is 18.7 Å². The Bertz CT molecular complexity index is 1260. The summed E-state index contributed by atoms with van der Waals surface area (Å²) in [4.78, 5) is 18.8. The molecule has 0 saturated carbocycles. The number of pyridine rings is 1. The molecule has 0 spiro atoms. The summed E-state index contributed by atoms with van der Waals surface area (Å²) in [5.74, 6) is 1.54. The number of fused-ring (bicyclic) bond motifs is 1. The number of nitrogens with zero attached hydrogens (tertiary/aromatic N) is 5. The lowest BCUT2D eigenvalue weighted by atomic mass is 10.1. The summed E-state index contributed by atoms with van der Waals surface area (Å²) < 4.78 is 2.03. The summed E-state index contributed by atoms with van der Waals surface area (Å²) in [6.45, 7) is 11.1. The minimum Gasteiger partial charge on any atom is -0.394 e. The summed E-state index contributed by atoms with van der Waals surface area (Å²) in [5, 5.41) is 16.3. The molecule has 1 aromatic carbocycles. The lowest BCUT2D eigenvalue weighted by Crippen LogP contribution is -2.24. The molecule has 1 atom stereocenters. The van der Waals surface area contributed by atoms with Crippen molar-refractivity contribution < 1.29 is 5.11 Å². The van der Waals surface area contributed by atoms with E-state index in [0.29, 0.717) is 24.2 Å². The van der Waals surface area contributed by atoms with Gasteiger partial charge >= 0.3 is 0 Å². The number of hydrogen-bond acceptors (Lipinski definition) is 7. The van der Waals surface area contributed by atoms with Gasteiger partial charge in [0, 0.05) is 23.8 Å². The lowest BCUT2D eigenvalue weighted by molar-refractivity contribution is 0.271. The number of nitrogens with one attached hydrogen (secondary N) is 2. The molecule has 8 nitrogen and oxygen atoms in total. The van der Waals surface area contributed by atoms with Crippen molar-refractivity contribution in [1.29, 1.82) is 0 Å². The molecule has 4 aromatic rings. The molecular formula is C27H35N7O. The third-order valence-corrected chi connectivity index (χ3v) is 6.10. The summed E-state index contributed by atoms with van der Waals surface area (Å²) in [5.41, 5.74) is 5.79. The van der Waals surface area contributed by atoms with Crippen LogP contribution in [0.25, 0.3) is 22.4 Å². The number of imidazole rings is 1. The number of rotatable bonds is 10. The lowest BCUT2D eigenvalue weighted by Gasteiger charge is -2.16. The molecule has 3 aromatic heterocycles. The van der Waals surface area contributed by atoms with Crippen molar-refractivity contribution in [2.24, 2.45) is 0 Å². The third-order valence-electron chi connectivity index (χ3n) is 6.10. The first-order valence-electron chi connectivity index (χ1n) is 12.3. The highest BCUT2D eigenvalue weighted by Crippen LogP contribution is 2.25. The Balaban J connectivity index is 1.57. The van der Waals surface area contributed by atoms with Crippen LogP contribution in [0.1, 0.15) is 64.3 Å². The van der Waals surface area contributed by atoms with Crippen molar-refractivity contribution in [2.75, 3.05) is 17.2 Å². The minimum atomic E-state index is -0.105. The molecule has 184 valence electrons. The third kappa shape index (κ3) is 5.59. The van der Waals surface area contributed by atoms with E-state index < -0.39 is 0 Å². The molecule has 4 rings (SSSR count). The zero-order valence-electron chi connectivity index (χ0n) is 21.2. The molecule has 35 heavy (non-hydrogen) atoms. The van der Waals surface area contributed by atoms with E-state index in [1.807, 2.05) is 17.6 Å². The maximum atomic E-state index is 9.62. The fourth-order valence-corrected chi connectivity index (χ4v) is 3.85. The molecule has 0 aliphatic carbocycles. The van der Waals surface area contributed by atoms with Crippen LogP contribution in [0, 0.1) is 0 Å². The minimum absolute atomic E-state index is 0.0192. The van der Waals surface area contributed by atoms with Crippen molar-refractivity contribution in [3.8, 4) is 11.3 Å². The SMILES string of the molecule is CC[C@H](CO)Nc1nc(NCc2ccc(-c3cccc(C(C)C)n3)cc2)c2ncn(C(C)C)c2n1. The Morgan fingerprint density at radius 3 is 2.40 bits per heavy atom. The quantitative estimate of drug-likeness (QED) is 0.284. The molecule has 0 unspecified atom stereocenters. The second-order valence-electron chi connectivity index (χ2n) is 9.40. The molecule has 0 saturated heterocycles. The van der Waals surface area contributed by atoms with Gasteiger partial charge in [0.2, 0.25) is 5.95 Å². The molecule has 0 radical (unpaired) electrons. The number of aliphatic hydroxyl groups excluding tert-OH is 1. The highest BCUT2D eigenvalue weighted by molar-refractivity contribution is 5.84. The van der Waals surface area contributed by atoms with Crippen LogP contribution in [0.2, 0.25) is 0 Å². The number of anilines is 2. The van der Waals surface area contributed by atoms with E-state index in [4.69, 9.17) is 9.97 Å². The molecule has 0 aliphatic heterocycles. The van der Waals surface area contributed by atoms with Crippen LogP contribution in [0.15, 0.2) is 48.8 Å². The van der Waals surface area contributed by atoms with E-state index in [9.17, 15) is 5.11 Å². The van der Waals surface area contributed by atoms with Gasteiger partial charge in [-0.2, -0.15) is 9.97 Å². The highest BCUT2D eigenvalue weighted by atomic mass is 16.3. The van der Waals surface area contributed by atoms with E-state index in [1.54, 1.807) is 6.33 Å². The van der Waals surface area contributed by atoms with Crippen molar-refractivity contribution in [1.82, 2.24) is 24.5 Å².